The SMILES string of the molecule is CC(O)CC(C)NC(=O)/C=C/c1ccc(Cl)s1. The second-order valence-electron chi connectivity index (χ2n) is 3.97. The van der Waals surface area contributed by atoms with E-state index in [-0.39, 0.29) is 11.9 Å². The average molecular weight is 274 g/mol. The molecule has 0 spiro atoms. The molecule has 0 saturated carbocycles. The van der Waals surface area contributed by atoms with Crippen LogP contribution < -0.4 is 5.32 Å². The van der Waals surface area contributed by atoms with Crippen molar-refractivity contribution >= 4 is 34.9 Å². The molecule has 0 aliphatic heterocycles. The summed E-state index contributed by atoms with van der Waals surface area (Å²) in [6, 6.07) is 3.61. The smallest absolute Gasteiger partial charge is 0.244 e. The summed E-state index contributed by atoms with van der Waals surface area (Å²) >= 11 is 7.19. The van der Waals surface area contributed by atoms with Crippen LogP contribution in [0.3, 0.4) is 0 Å². The van der Waals surface area contributed by atoms with E-state index in [1.54, 1.807) is 19.1 Å². The lowest BCUT2D eigenvalue weighted by atomic mass is 10.1. The first-order valence-electron chi connectivity index (χ1n) is 5.39. The molecule has 5 heteroatoms. The Balaban J connectivity index is 2.41. The Morgan fingerprint density at radius 1 is 1.59 bits per heavy atom. The highest BCUT2D eigenvalue weighted by atomic mass is 35.5. The third-order valence-electron chi connectivity index (χ3n) is 2.08. The Labute approximate surface area is 110 Å². The monoisotopic (exact) mass is 273 g/mol. The molecular formula is C12H16ClNO2S. The zero-order valence-corrected chi connectivity index (χ0v) is 11.4. The second kappa shape index (κ2) is 6.79. The van der Waals surface area contributed by atoms with Crippen molar-refractivity contribution in [3.05, 3.63) is 27.4 Å². The average Bonchev–Trinajstić information content (AvgIpc) is 2.59. The minimum Gasteiger partial charge on any atom is -0.393 e. The predicted octanol–water partition coefficient (Wildman–Crippen LogP) is 2.69. The molecule has 2 N–H and O–H groups in total. The summed E-state index contributed by atoms with van der Waals surface area (Å²) in [5, 5.41) is 11.9. The number of amides is 1. The highest BCUT2D eigenvalue weighted by Crippen LogP contribution is 2.22. The van der Waals surface area contributed by atoms with Crippen molar-refractivity contribution < 1.29 is 9.90 Å². The summed E-state index contributed by atoms with van der Waals surface area (Å²) in [4.78, 5) is 12.4. The van der Waals surface area contributed by atoms with Crippen molar-refractivity contribution in [2.24, 2.45) is 0 Å². The van der Waals surface area contributed by atoms with Crippen molar-refractivity contribution in [1.82, 2.24) is 5.32 Å². The first kappa shape index (κ1) is 14.2. The number of nitrogens with one attached hydrogen (secondary N) is 1. The van der Waals surface area contributed by atoms with Gasteiger partial charge in [-0.25, -0.2) is 0 Å². The molecular weight excluding hydrogens is 258 g/mol. The fourth-order valence-electron chi connectivity index (χ4n) is 1.44. The molecule has 0 fully saturated rings. The Morgan fingerprint density at radius 2 is 2.29 bits per heavy atom. The molecule has 0 saturated heterocycles. The quantitative estimate of drug-likeness (QED) is 0.811. The summed E-state index contributed by atoms with van der Waals surface area (Å²) in [6.07, 6.45) is 3.33. The third kappa shape index (κ3) is 5.86. The topological polar surface area (TPSA) is 49.3 Å². The minimum absolute atomic E-state index is 0.0425. The van der Waals surface area contributed by atoms with Gasteiger partial charge < -0.3 is 10.4 Å². The van der Waals surface area contributed by atoms with E-state index < -0.39 is 6.10 Å². The van der Waals surface area contributed by atoms with E-state index in [0.29, 0.717) is 10.8 Å². The van der Waals surface area contributed by atoms with E-state index in [0.717, 1.165) is 4.88 Å². The standard InChI is InChI=1S/C12H16ClNO2S/c1-8(7-9(2)15)14-12(16)6-4-10-3-5-11(13)17-10/h3-6,8-9,15H,7H2,1-2H3,(H,14,16)/b6-4+. The molecule has 0 aliphatic rings. The molecule has 0 aromatic carbocycles. The number of carbonyl (C=O) groups is 1. The molecule has 0 aliphatic carbocycles. The molecule has 0 bridgehead atoms. The molecule has 2 unspecified atom stereocenters. The van der Waals surface area contributed by atoms with Gasteiger partial charge in [0.25, 0.3) is 0 Å². The van der Waals surface area contributed by atoms with E-state index in [9.17, 15) is 4.79 Å². The first-order chi connectivity index (χ1) is 7.97. The molecule has 1 aromatic heterocycles. The van der Waals surface area contributed by atoms with Crippen molar-refractivity contribution in [2.75, 3.05) is 0 Å². The van der Waals surface area contributed by atoms with Crippen molar-refractivity contribution in [3.63, 3.8) is 0 Å². The predicted molar refractivity (Wildman–Crippen MR) is 72.3 cm³/mol. The highest BCUT2D eigenvalue weighted by molar-refractivity contribution is 7.17. The van der Waals surface area contributed by atoms with Gasteiger partial charge in [-0.2, -0.15) is 0 Å². The highest BCUT2D eigenvalue weighted by Gasteiger charge is 2.07. The van der Waals surface area contributed by atoms with Crippen LogP contribution in [-0.2, 0) is 4.79 Å². The Morgan fingerprint density at radius 3 is 2.82 bits per heavy atom. The summed E-state index contributed by atoms with van der Waals surface area (Å²) in [5.41, 5.74) is 0. The summed E-state index contributed by atoms with van der Waals surface area (Å²) in [7, 11) is 0. The van der Waals surface area contributed by atoms with E-state index in [4.69, 9.17) is 16.7 Å². The van der Waals surface area contributed by atoms with Crippen LogP contribution in [0.25, 0.3) is 6.08 Å². The molecule has 0 radical (unpaired) electrons. The zero-order chi connectivity index (χ0) is 12.8. The first-order valence-corrected chi connectivity index (χ1v) is 6.59. The van der Waals surface area contributed by atoms with Crippen LogP contribution in [0.1, 0.15) is 25.1 Å². The van der Waals surface area contributed by atoms with E-state index in [1.165, 1.54) is 17.4 Å². The minimum atomic E-state index is -0.412. The number of thiophene rings is 1. The van der Waals surface area contributed by atoms with Crippen LogP contribution in [0, 0.1) is 0 Å². The van der Waals surface area contributed by atoms with Crippen molar-refractivity contribution in [3.8, 4) is 0 Å². The van der Waals surface area contributed by atoms with E-state index in [2.05, 4.69) is 5.32 Å². The molecule has 3 nitrogen and oxygen atoms in total. The van der Waals surface area contributed by atoms with Gasteiger partial charge >= 0.3 is 0 Å². The van der Waals surface area contributed by atoms with E-state index >= 15 is 0 Å². The number of aliphatic hydroxyl groups is 1. The summed E-state index contributed by atoms with van der Waals surface area (Å²) in [6.45, 7) is 3.56. The van der Waals surface area contributed by atoms with Gasteiger partial charge in [0.1, 0.15) is 0 Å². The van der Waals surface area contributed by atoms with Crippen LogP contribution in [-0.4, -0.2) is 23.2 Å². The lowest BCUT2D eigenvalue weighted by Gasteiger charge is -2.13. The fraction of sp³-hybridized carbons (Fsp3) is 0.417. The van der Waals surface area contributed by atoms with Crippen LogP contribution >= 0.6 is 22.9 Å². The lowest BCUT2D eigenvalue weighted by Crippen LogP contribution is -2.33. The van der Waals surface area contributed by atoms with Crippen LogP contribution in [0.2, 0.25) is 4.34 Å². The largest absolute Gasteiger partial charge is 0.393 e. The van der Waals surface area contributed by atoms with Gasteiger partial charge in [-0.3, -0.25) is 4.79 Å². The number of rotatable bonds is 5. The van der Waals surface area contributed by atoms with Gasteiger partial charge in [0.2, 0.25) is 5.91 Å². The number of aliphatic hydroxyl groups excluding tert-OH is 1. The zero-order valence-electron chi connectivity index (χ0n) is 9.81. The maximum absolute atomic E-state index is 11.5. The van der Waals surface area contributed by atoms with Gasteiger partial charge in [0.15, 0.2) is 0 Å². The van der Waals surface area contributed by atoms with Gasteiger partial charge in [-0.05, 0) is 38.5 Å². The molecule has 94 valence electrons. The molecule has 17 heavy (non-hydrogen) atoms. The summed E-state index contributed by atoms with van der Waals surface area (Å²) in [5.74, 6) is -0.164. The number of hydrogen-bond acceptors (Lipinski definition) is 3. The Hall–Kier alpha value is -0.840. The maximum atomic E-state index is 11.5. The van der Waals surface area contributed by atoms with Gasteiger partial charge in [0, 0.05) is 17.0 Å². The van der Waals surface area contributed by atoms with Gasteiger partial charge in [-0.15, -0.1) is 11.3 Å². The number of carbonyl (C=O) groups excluding carboxylic acids is 1. The van der Waals surface area contributed by atoms with Crippen LogP contribution in [0.15, 0.2) is 18.2 Å². The third-order valence-corrected chi connectivity index (χ3v) is 3.27. The van der Waals surface area contributed by atoms with Crippen molar-refractivity contribution in [2.45, 2.75) is 32.4 Å². The molecule has 1 amide bonds. The van der Waals surface area contributed by atoms with Crippen LogP contribution in [0.4, 0.5) is 0 Å². The summed E-state index contributed by atoms with van der Waals surface area (Å²) < 4.78 is 0.701. The molecule has 1 aromatic rings. The molecule has 2 atom stereocenters. The maximum Gasteiger partial charge on any atom is 0.244 e. The normalized spacial score (nSPS) is 14.8. The lowest BCUT2D eigenvalue weighted by molar-refractivity contribution is -0.117. The Kier molecular flexibility index (Phi) is 5.68. The fourth-order valence-corrected chi connectivity index (χ4v) is 2.40. The van der Waals surface area contributed by atoms with Gasteiger partial charge in [0.05, 0.1) is 10.4 Å². The van der Waals surface area contributed by atoms with Crippen LogP contribution in [0.5, 0.6) is 0 Å². The van der Waals surface area contributed by atoms with E-state index in [1.807, 2.05) is 13.0 Å². The Bertz CT molecular complexity index is 401. The number of halogens is 1. The number of hydrogen-bond donors (Lipinski definition) is 2. The molecule has 1 heterocycles. The van der Waals surface area contributed by atoms with Crippen molar-refractivity contribution in [1.29, 1.82) is 0 Å². The molecule has 1 rings (SSSR count). The van der Waals surface area contributed by atoms with Gasteiger partial charge in [-0.1, -0.05) is 11.6 Å². The second-order valence-corrected chi connectivity index (χ2v) is 5.72.